The van der Waals surface area contributed by atoms with Crippen LogP contribution in [-0.4, -0.2) is 40.1 Å². The maximum atomic E-state index is 12.5. The lowest BCUT2D eigenvalue weighted by Crippen LogP contribution is -2.55. The largest absolute Gasteiger partial charge is 0.481 e. The summed E-state index contributed by atoms with van der Waals surface area (Å²) in [5.74, 6) is -0.819. The van der Waals surface area contributed by atoms with Crippen molar-refractivity contribution in [1.82, 2.24) is 10.2 Å². The molecule has 5 nitrogen and oxygen atoms in total. The van der Waals surface area contributed by atoms with Gasteiger partial charge in [0.2, 0.25) is 0 Å². The topological polar surface area (TPSA) is 69.6 Å². The maximum Gasteiger partial charge on any atom is 0.318 e. The van der Waals surface area contributed by atoms with Crippen LogP contribution in [0.3, 0.4) is 0 Å². The molecule has 0 atom stereocenters. The lowest BCUT2D eigenvalue weighted by Gasteiger charge is -2.38. The van der Waals surface area contributed by atoms with Crippen molar-refractivity contribution in [3.8, 4) is 0 Å². The number of carboxylic acids is 1. The molecule has 0 radical (unpaired) electrons. The molecule has 114 valence electrons. The van der Waals surface area contributed by atoms with E-state index in [0.717, 1.165) is 57.9 Å². The van der Waals surface area contributed by atoms with Gasteiger partial charge in [0.25, 0.3) is 0 Å². The number of carboxylic acid groups (broad SMARTS) is 1. The van der Waals surface area contributed by atoms with Gasteiger partial charge in [0.05, 0.1) is 12.0 Å². The average Bonchev–Trinajstić information content (AvgIpc) is 3.19. The first-order chi connectivity index (χ1) is 9.56. The second kappa shape index (κ2) is 6.46. The summed E-state index contributed by atoms with van der Waals surface area (Å²) in [7, 11) is 0. The summed E-state index contributed by atoms with van der Waals surface area (Å²) < 4.78 is 0. The quantitative estimate of drug-likeness (QED) is 0.787. The molecule has 20 heavy (non-hydrogen) atoms. The Morgan fingerprint density at radius 1 is 1.25 bits per heavy atom. The predicted octanol–water partition coefficient (Wildman–Crippen LogP) is 2.75. The van der Waals surface area contributed by atoms with Gasteiger partial charge in [-0.05, 0) is 32.1 Å². The zero-order valence-corrected chi connectivity index (χ0v) is 12.4. The second-order valence-corrected chi connectivity index (χ2v) is 6.27. The SMILES string of the molecule is CCCN(C(=O)NC1(CC(=O)O)CCCCC1)C1CC1. The van der Waals surface area contributed by atoms with Crippen LogP contribution in [0, 0.1) is 0 Å². The fourth-order valence-corrected chi connectivity index (χ4v) is 3.24. The highest BCUT2D eigenvalue weighted by Gasteiger charge is 2.39. The average molecular weight is 282 g/mol. The number of amides is 2. The van der Waals surface area contributed by atoms with E-state index < -0.39 is 11.5 Å². The van der Waals surface area contributed by atoms with Crippen LogP contribution in [0.25, 0.3) is 0 Å². The number of hydrogen-bond donors (Lipinski definition) is 2. The molecule has 2 aliphatic carbocycles. The van der Waals surface area contributed by atoms with Crippen LogP contribution in [0.5, 0.6) is 0 Å². The third-order valence-corrected chi connectivity index (χ3v) is 4.39. The number of carbonyl (C=O) groups excluding carboxylic acids is 1. The van der Waals surface area contributed by atoms with E-state index in [0.29, 0.717) is 6.04 Å². The predicted molar refractivity (Wildman–Crippen MR) is 76.6 cm³/mol. The van der Waals surface area contributed by atoms with E-state index in [4.69, 9.17) is 5.11 Å². The van der Waals surface area contributed by atoms with E-state index in [9.17, 15) is 9.59 Å². The molecule has 0 aromatic carbocycles. The molecule has 0 spiro atoms. The Morgan fingerprint density at radius 2 is 1.90 bits per heavy atom. The molecule has 5 heteroatoms. The highest BCUT2D eigenvalue weighted by Crippen LogP contribution is 2.33. The highest BCUT2D eigenvalue weighted by atomic mass is 16.4. The van der Waals surface area contributed by atoms with Crippen LogP contribution < -0.4 is 5.32 Å². The minimum atomic E-state index is -0.819. The first-order valence-electron chi connectivity index (χ1n) is 7.87. The van der Waals surface area contributed by atoms with Crippen molar-refractivity contribution in [2.24, 2.45) is 0 Å². The third kappa shape index (κ3) is 3.87. The Balaban J connectivity index is 2.01. The normalized spacial score (nSPS) is 21.2. The van der Waals surface area contributed by atoms with Crippen LogP contribution in [0.15, 0.2) is 0 Å². The van der Waals surface area contributed by atoms with Crippen molar-refractivity contribution in [2.75, 3.05) is 6.54 Å². The monoisotopic (exact) mass is 282 g/mol. The molecule has 2 N–H and O–H groups in total. The van der Waals surface area contributed by atoms with Gasteiger partial charge in [-0.1, -0.05) is 26.2 Å². The summed E-state index contributed by atoms with van der Waals surface area (Å²) in [6, 6.07) is 0.318. The highest BCUT2D eigenvalue weighted by molar-refractivity contribution is 5.77. The molecule has 0 heterocycles. The molecule has 2 amide bonds. The second-order valence-electron chi connectivity index (χ2n) is 6.27. The zero-order chi connectivity index (χ0) is 14.6. The van der Waals surface area contributed by atoms with Crippen molar-refractivity contribution >= 4 is 12.0 Å². The van der Waals surface area contributed by atoms with Crippen LogP contribution in [0.1, 0.15) is 64.7 Å². The smallest absolute Gasteiger partial charge is 0.318 e. The molecule has 2 fully saturated rings. The molecular weight excluding hydrogens is 256 g/mol. The molecule has 0 aromatic rings. The maximum absolute atomic E-state index is 12.5. The minimum Gasteiger partial charge on any atom is -0.481 e. The number of nitrogens with one attached hydrogen (secondary N) is 1. The number of rotatable bonds is 6. The summed E-state index contributed by atoms with van der Waals surface area (Å²) in [5, 5.41) is 12.2. The number of nitrogens with zero attached hydrogens (tertiary/aromatic N) is 1. The summed E-state index contributed by atoms with van der Waals surface area (Å²) >= 11 is 0. The zero-order valence-electron chi connectivity index (χ0n) is 12.4. The van der Waals surface area contributed by atoms with Crippen molar-refractivity contribution in [1.29, 1.82) is 0 Å². The number of hydrogen-bond acceptors (Lipinski definition) is 2. The lowest BCUT2D eigenvalue weighted by molar-refractivity contribution is -0.139. The Bertz CT molecular complexity index is 360. The van der Waals surface area contributed by atoms with E-state index in [-0.39, 0.29) is 12.5 Å². The molecule has 0 unspecified atom stereocenters. The van der Waals surface area contributed by atoms with Gasteiger partial charge in [-0.25, -0.2) is 4.79 Å². The third-order valence-electron chi connectivity index (χ3n) is 4.39. The first kappa shape index (κ1) is 15.1. The van der Waals surface area contributed by atoms with Gasteiger partial charge in [0, 0.05) is 12.6 Å². The molecule has 0 bridgehead atoms. The molecular formula is C15H26N2O3. The number of carbonyl (C=O) groups is 2. The van der Waals surface area contributed by atoms with Crippen molar-refractivity contribution in [3.63, 3.8) is 0 Å². The van der Waals surface area contributed by atoms with Gasteiger partial charge in [-0.15, -0.1) is 0 Å². The van der Waals surface area contributed by atoms with Crippen LogP contribution in [0.4, 0.5) is 4.79 Å². The molecule has 0 aliphatic heterocycles. The Morgan fingerprint density at radius 3 is 2.40 bits per heavy atom. The fraction of sp³-hybridized carbons (Fsp3) is 0.867. The Kier molecular flexibility index (Phi) is 4.89. The van der Waals surface area contributed by atoms with Gasteiger partial charge < -0.3 is 15.3 Å². The molecule has 2 aliphatic rings. The van der Waals surface area contributed by atoms with Crippen molar-refractivity contribution < 1.29 is 14.7 Å². The summed E-state index contributed by atoms with van der Waals surface area (Å²) in [6.45, 7) is 2.83. The number of aliphatic carboxylic acids is 1. The standard InChI is InChI=1S/C15H26N2O3/c1-2-10-17(12-6-7-12)14(20)16-15(11-13(18)19)8-4-3-5-9-15/h12H,2-11H2,1H3,(H,16,20)(H,18,19). The summed E-state index contributed by atoms with van der Waals surface area (Å²) in [6.07, 6.45) is 7.87. The van der Waals surface area contributed by atoms with Gasteiger partial charge >= 0.3 is 12.0 Å². The Hall–Kier alpha value is -1.26. The van der Waals surface area contributed by atoms with Gasteiger partial charge in [-0.2, -0.15) is 0 Å². The minimum absolute atomic E-state index is 0.0450. The van der Waals surface area contributed by atoms with E-state index >= 15 is 0 Å². The number of urea groups is 1. The van der Waals surface area contributed by atoms with Gasteiger partial charge in [0.1, 0.15) is 0 Å². The molecule has 0 aromatic heterocycles. The summed E-state index contributed by atoms with van der Waals surface area (Å²) in [4.78, 5) is 25.5. The fourth-order valence-electron chi connectivity index (χ4n) is 3.24. The lowest BCUT2D eigenvalue weighted by atomic mass is 9.79. The van der Waals surface area contributed by atoms with Crippen LogP contribution >= 0.6 is 0 Å². The van der Waals surface area contributed by atoms with Crippen LogP contribution in [0.2, 0.25) is 0 Å². The molecule has 0 saturated heterocycles. The van der Waals surface area contributed by atoms with Crippen molar-refractivity contribution in [3.05, 3.63) is 0 Å². The van der Waals surface area contributed by atoms with E-state index in [2.05, 4.69) is 12.2 Å². The van der Waals surface area contributed by atoms with E-state index in [1.165, 1.54) is 0 Å². The van der Waals surface area contributed by atoms with E-state index in [1.54, 1.807) is 0 Å². The molecule has 2 saturated carbocycles. The van der Waals surface area contributed by atoms with Gasteiger partial charge in [-0.3, -0.25) is 4.79 Å². The van der Waals surface area contributed by atoms with Crippen molar-refractivity contribution in [2.45, 2.75) is 76.3 Å². The van der Waals surface area contributed by atoms with Crippen LogP contribution in [-0.2, 0) is 4.79 Å². The molecule has 2 rings (SSSR count). The van der Waals surface area contributed by atoms with Gasteiger partial charge in [0.15, 0.2) is 0 Å². The summed E-state index contributed by atoms with van der Waals surface area (Å²) in [5.41, 5.74) is -0.526. The first-order valence-corrected chi connectivity index (χ1v) is 7.87. The van der Waals surface area contributed by atoms with E-state index in [1.807, 2.05) is 4.90 Å². The Labute approximate surface area is 120 Å².